The standard InChI is InChI=1S/C28H23N3O7/c1-37-15-3-2-14-12-31(25(35)17(14)8-15)13-27(11-24(34)29-26(27)36)22-9-18-16-6-7-28(21(32)10-23(33)30-28)19(16)4-5-20(18)38-22/h2-5,8-9H,6-7,10-13H2,1H3,(H,30,33)(H,29,34,36)/t27-,28?/m1/s1. The topological polar surface area (TPSA) is 135 Å². The first kappa shape index (κ1) is 22.7. The molecule has 0 bridgehead atoms. The number of ketones is 1. The lowest BCUT2D eigenvalue weighted by atomic mass is 9.82. The number of benzene rings is 2. The van der Waals surface area contributed by atoms with E-state index in [4.69, 9.17) is 9.15 Å². The minimum Gasteiger partial charge on any atom is -0.497 e. The number of hydrogen-bond donors (Lipinski definition) is 2. The first-order valence-electron chi connectivity index (χ1n) is 12.5. The largest absolute Gasteiger partial charge is 0.497 e. The molecule has 0 saturated carbocycles. The number of amides is 4. The number of Topliss-reactive ketones (excluding diaryl/α,β-unsaturated/α-hetero) is 1. The van der Waals surface area contributed by atoms with Crippen LogP contribution in [-0.2, 0) is 43.1 Å². The molecule has 2 atom stereocenters. The Hall–Kier alpha value is -4.47. The second-order valence-corrected chi connectivity index (χ2v) is 10.5. The smallest absolute Gasteiger partial charge is 0.254 e. The van der Waals surface area contributed by atoms with Gasteiger partial charge in [0.1, 0.15) is 28.0 Å². The normalized spacial score (nSPS) is 25.9. The quantitative estimate of drug-likeness (QED) is 0.400. The third-order valence-corrected chi connectivity index (χ3v) is 8.45. The van der Waals surface area contributed by atoms with Crippen molar-refractivity contribution in [2.45, 2.75) is 43.2 Å². The van der Waals surface area contributed by atoms with Gasteiger partial charge in [-0.25, -0.2) is 0 Å². The van der Waals surface area contributed by atoms with E-state index < -0.39 is 22.8 Å². The summed E-state index contributed by atoms with van der Waals surface area (Å²) in [5.41, 5.74) is 1.02. The Morgan fingerprint density at radius 2 is 1.89 bits per heavy atom. The van der Waals surface area contributed by atoms with Crippen LogP contribution in [0.15, 0.2) is 40.8 Å². The second kappa shape index (κ2) is 7.53. The molecule has 192 valence electrons. The Balaban J connectivity index is 1.30. The molecule has 3 aromatic rings. The third kappa shape index (κ3) is 2.91. The van der Waals surface area contributed by atoms with Gasteiger partial charge in [-0.2, -0.15) is 0 Å². The van der Waals surface area contributed by atoms with Gasteiger partial charge in [0.2, 0.25) is 17.7 Å². The van der Waals surface area contributed by atoms with Gasteiger partial charge in [-0.1, -0.05) is 12.1 Å². The summed E-state index contributed by atoms with van der Waals surface area (Å²) in [6, 6.07) is 10.6. The lowest BCUT2D eigenvalue weighted by molar-refractivity contribution is -0.127. The number of hydrogen-bond acceptors (Lipinski definition) is 7. The molecule has 1 aliphatic carbocycles. The van der Waals surface area contributed by atoms with E-state index in [1.54, 1.807) is 35.2 Å². The first-order chi connectivity index (χ1) is 18.2. The number of nitrogens with zero attached hydrogens (tertiary/aromatic N) is 1. The molecular weight excluding hydrogens is 490 g/mol. The summed E-state index contributed by atoms with van der Waals surface area (Å²) in [6.45, 7) is 0.252. The number of furan rings is 1. The predicted octanol–water partition coefficient (Wildman–Crippen LogP) is 1.61. The van der Waals surface area contributed by atoms with Gasteiger partial charge in [-0.05, 0) is 53.8 Å². The summed E-state index contributed by atoms with van der Waals surface area (Å²) in [7, 11) is 1.53. The molecule has 0 radical (unpaired) electrons. The monoisotopic (exact) mass is 513 g/mol. The van der Waals surface area contributed by atoms with Crippen molar-refractivity contribution in [2.75, 3.05) is 13.7 Å². The van der Waals surface area contributed by atoms with Crippen molar-refractivity contribution in [2.24, 2.45) is 0 Å². The average Bonchev–Trinajstić information content (AvgIpc) is 3.67. The predicted molar refractivity (Wildman–Crippen MR) is 131 cm³/mol. The van der Waals surface area contributed by atoms with E-state index >= 15 is 0 Å². The molecule has 7 rings (SSSR count). The summed E-state index contributed by atoms with van der Waals surface area (Å²) in [6.07, 6.45) is 0.714. The molecule has 1 unspecified atom stereocenters. The van der Waals surface area contributed by atoms with Gasteiger partial charge in [0.05, 0.1) is 20.0 Å². The number of rotatable bonds is 4. The Labute approximate surface area is 216 Å². The third-order valence-electron chi connectivity index (χ3n) is 8.45. The molecule has 10 heteroatoms. The van der Waals surface area contributed by atoms with Gasteiger partial charge in [-0.3, -0.25) is 29.3 Å². The van der Waals surface area contributed by atoms with Crippen molar-refractivity contribution in [3.05, 3.63) is 64.4 Å². The van der Waals surface area contributed by atoms with E-state index in [9.17, 15) is 24.0 Å². The highest BCUT2D eigenvalue weighted by Crippen LogP contribution is 2.46. The highest BCUT2D eigenvalue weighted by Gasteiger charge is 2.54. The van der Waals surface area contributed by atoms with E-state index in [0.29, 0.717) is 36.3 Å². The molecule has 10 nitrogen and oxygen atoms in total. The van der Waals surface area contributed by atoms with Crippen molar-refractivity contribution in [1.82, 2.24) is 15.5 Å². The lowest BCUT2D eigenvalue weighted by Gasteiger charge is -2.28. The molecule has 2 saturated heterocycles. The van der Waals surface area contributed by atoms with Crippen molar-refractivity contribution in [3.63, 3.8) is 0 Å². The van der Waals surface area contributed by atoms with Crippen LogP contribution < -0.4 is 15.4 Å². The van der Waals surface area contributed by atoms with Crippen LogP contribution in [0.2, 0.25) is 0 Å². The van der Waals surface area contributed by atoms with Crippen LogP contribution in [0.1, 0.15) is 52.1 Å². The first-order valence-corrected chi connectivity index (χ1v) is 12.5. The number of nitrogens with one attached hydrogen (secondary N) is 2. The molecule has 4 heterocycles. The summed E-state index contributed by atoms with van der Waals surface area (Å²) in [5.74, 6) is -0.800. The van der Waals surface area contributed by atoms with Gasteiger partial charge in [-0.15, -0.1) is 0 Å². The highest BCUT2D eigenvalue weighted by atomic mass is 16.5. The maximum atomic E-state index is 13.3. The second-order valence-electron chi connectivity index (χ2n) is 10.5. The zero-order chi connectivity index (χ0) is 26.4. The molecule has 2 aromatic carbocycles. The van der Waals surface area contributed by atoms with Gasteiger partial charge in [0, 0.05) is 24.0 Å². The molecule has 38 heavy (non-hydrogen) atoms. The van der Waals surface area contributed by atoms with E-state index in [1.807, 2.05) is 6.07 Å². The fourth-order valence-corrected chi connectivity index (χ4v) is 6.56. The molecule has 1 aromatic heterocycles. The molecule has 4 amide bonds. The highest BCUT2D eigenvalue weighted by molar-refractivity contribution is 6.12. The molecule has 2 fully saturated rings. The van der Waals surface area contributed by atoms with E-state index in [-0.39, 0.29) is 42.7 Å². The van der Waals surface area contributed by atoms with Crippen LogP contribution >= 0.6 is 0 Å². The Morgan fingerprint density at radius 3 is 2.61 bits per heavy atom. The minimum absolute atomic E-state index is 0.0408. The Bertz CT molecular complexity index is 1640. The fourth-order valence-electron chi connectivity index (χ4n) is 6.56. The Morgan fingerprint density at radius 1 is 1.05 bits per heavy atom. The fraction of sp³-hybridized carbons (Fsp3) is 0.321. The van der Waals surface area contributed by atoms with Crippen molar-refractivity contribution in [3.8, 4) is 5.75 Å². The molecule has 4 aliphatic rings. The number of carbonyl (C=O) groups excluding carboxylic acids is 5. The molecular formula is C28H23N3O7. The summed E-state index contributed by atoms with van der Waals surface area (Å²) in [4.78, 5) is 65.4. The van der Waals surface area contributed by atoms with Crippen LogP contribution in [-0.4, -0.2) is 48.0 Å². The number of methoxy groups -OCH3 is 1. The summed E-state index contributed by atoms with van der Waals surface area (Å²) >= 11 is 0. The number of fused-ring (bicyclic) bond motifs is 5. The van der Waals surface area contributed by atoms with Gasteiger partial charge < -0.3 is 19.4 Å². The maximum absolute atomic E-state index is 13.3. The van der Waals surface area contributed by atoms with Crippen molar-refractivity contribution in [1.29, 1.82) is 0 Å². The lowest BCUT2D eigenvalue weighted by Crippen LogP contribution is -2.46. The molecule has 3 aliphatic heterocycles. The van der Waals surface area contributed by atoms with Gasteiger partial charge in [0.15, 0.2) is 5.78 Å². The number of ether oxygens (including phenoxy) is 1. The van der Waals surface area contributed by atoms with Crippen molar-refractivity contribution < 1.29 is 33.1 Å². The number of imide groups is 1. The van der Waals surface area contributed by atoms with Crippen LogP contribution in [0, 0.1) is 0 Å². The minimum atomic E-state index is -1.40. The zero-order valence-electron chi connectivity index (χ0n) is 20.5. The number of carbonyl (C=O) groups is 5. The maximum Gasteiger partial charge on any atom is 0.254 e. The zero-order valence-corrected chi connectivity index (χ0v) is 20.5. The average molecular weight is 514 g/mol. The Kier molecular flexibility index (Phi) is 4.50. The van der Waals surface area contributed by atoms with Crippen LogP contribution in [0.5, 0.6) is 5.75 Å². The summed E-state index contributed by atoms with van der Waals surface area (Å²) < 4.78 is 11.5. The van der Waals surface area contributed by atoms with Crippen molar-refractivity contribution >= 4 is 40.4 Å². The van der Waals surface area contributed by atoms with Gasteiger partial charge >= 0.3 is 0 Å². The van der Waals surface area contributed by atoms with E-state index in [1.165, 1.54) is 7.11 Å². The van der Waals surface area contributed by atoms with E-state index in [0.717, 1.165) is 22.1 Å². The van der Waals surface area contributed by atoms with Gasteiger partial charge in [0.25, 0.3) is 5.91 Å². The summed E-state index contributed by atoms with van der Waals surface area (Å²) in [5, 5.41) is 6.00. The van der Waals surface area contributed by atoms with Crippen LogP contribution in [0.3, 0.4) is 0 Å². The molecule has 1 spiro atoms. The molecule has 2 N–H and O–H groups in total. The van der Waals surface area contributed by atoms with Crippen LogP contribution in [0.25, 0.3) is 11.0 Å². The SMILES string of the molecule is COc1ccc2c(c1)C(=O)N(C[C@@]1(c3cc4c5c(ccc4o3)C3(CC5)NC(=O)CC3=O)CC(=O)NC1=O)C2. The van der Waals surface area contributed by atoms with E-state index in [2.05, 4.69) is 10.6 Å². The van der Waals surface area contributed by atoms with Crippen LogP contribution in [0.4, 0.5) is 0 Å². The number of aryl methyl sites for hydroxylation is 1.